The van der Waals surface area contributed by atoms with Gasteiger partial charge >= 0.3 is 5.76 Å². The maximum atomic E-state index is 11.9. The quantitative estimate of drug-likeness (QED) is 0.720. The molecule has 2 aromatic heterocycles. The highest BCUT2D eigenvalue weighted by atomic mass is 16.4. The Kier molecular flexibility index (Phi) is 3.54. The Balaban J connectivity index is 2.07. The van der Waals surface area contributed by atoms with E-state index in [9.17, 15) is 4.79 Å². The van der Waals surface area contributed by atoms with E-state index >= 15 is 0 Å². The number of aromatic nitrogens is 2. The molecule has 3 rings (SSSR count). The van der Waals surface area contributed by atoms with Gasteiger partial charge in [0.2, 0.25) is 0 Å². The lowest BCUT2D eigenvalue weighted by Gasteiger charge is -2.04. The number of hydrogen-bond acceptors (Lipinski definition) is 4. The number of pyridine rings is 1. The molecular weight excluding hydrogens is 268 g/mol. The topological polar surface area (TPSA) is 68.3 Å². The lowest BCUT2D eigenvalue weighted by molar-refractivity contribution is 0.350. The second-order valence-electron chi connectivity index (χ2n) is 4.40. The van der Waals surface area contributed by atoms with E-state index in [1.165, 1.54) is 4.57 Å². The molecule has 5 heteroatoms. The van der Waals surface area contributed by atoms with Crippen LogP contribution in [0.3, 0.4) is 0 Å². The molecule has 0 unspecified atom stereocenters. The van der Waals surface area contributed by atoms with Gasteiger partial charge in [0.1, 0.15) is 6.61 Å². The Labute approximate surface area is 120 Å². The van der Waals surface area contributed by atoms with Crippen LogP contribution in [-0.4, -0.2) is 21.3 Å². The first kappa shape index (κ1) is 13.2. The van der Waals surface area contributed by atoms with Gasteiger partial charge in [0, 0.05) is 11.8 Å². The van der Waals surface area contributed by atoms with Crippen molar-refractivity contribution in [1.82, 2.24) is 9.55 Å². The smallest absolute Gasteiger partial charge is 0.406 e. The van der Waals surface area contributed by atoms with Gasteiger partial charge < -0.3 is 9.52 Å². The minimum Gasteiger partial charge on any atom is -0.406 e. The number of fused-ring (bicyclic) bond motifs is 1. The molecule has 104 valence electrons. The third kappa shape index (κ3) is 2.57. The summed E-state index contributed by atoms with van der Waals surface area (Å²) in [5.41, 5.74) is 2.60. The van der Waals surface area contributed by atoms with Crippen molar-refractivity contribution < 1.29 is 9.52 Å². The predicted octanol–water partition coefficient (Wildman–Crippen LogP) is 1.38. The molecule has 0 aliphatic carbocycles. The molecule has 0 fully saturated rings. The molecule has 1 N–H and O–H groups in total. The molecule has 0 saturated carbocycles. The van der Waals surface area contributed by atoms with Crippen molar-refractivity contribution in [1.29, 1.82) is 0 Å². The van der Waals surface area contributed by atoms with Crippen molar-refractivity contribution in [3.63, 3.8) is 0 Å². The standard InChI is InChI=1S/C16H12N2O3/c19-10-4-7-12-5-1-2-6-13(12)11-18-15-14(21-16(18)20)8-3-9-17-15/h1-3,5-6,8-9,19H,10-11H2. The molecule has 5 nitrogen and oxygen atoms in total. The maximum Gasteiger partial charge on any atom is 0.421 e. The number of nitrogens with zero attached hydrogens (tertiary/aromatic N) is 2. The Hall–Kier alpha value is -2.84. The summed E-state index contributed by atoms with van der Waals surface area (Å²) >= 11 is 0. The predicted molar refractivity (Wildman–Crippen MR) is 77.8 cm³/mol. The summed E-state index contributed by atoms with van der Waals surface area (Å²) in [7, 11) is 0. The van der Waals surface area contributed by atoms with E-state index in [1.807, 2.05) is 24.3 Å². The molecule has 0 atom stereocenters. The van der Waals surface area contributed by atoms with Gasteiger partial charge in [-0.25, -0.2) is 9.78 Å². The average molecular weight is 280 g/mol. The van der Waals surface area contributed by atoms with Gasteiger partial charge in [-0.05, 0) is 23.8 Å². The Morgan fingerprint density at radius 1 is 1.24 bits per heavy atom. The van der Waals surface area contributed by atoms with Crippen molar-refractivity contribution in [3.8, 4) is 11.8 Å². The van der Waals surface area contributed by atoms with Crippen LogP contribution in [0, 0.1) is 11.8 Å². The number of rotatable bonds is 2. The van der Waals surface area contributed by atoms with Gasteiger partial charge in [0.15, 0.2) is 11.2 Å². The molecule has 0 spiro atoms. The average Bonchev–Trinajstić information content (AvgIpc) is 2.82. The molecule has 1 aromatic carbocycles. The molecular formula is C16H12N2O3. The van der Waals surface area contributed by atoms with Gasteiger partial charge in [-0.3, -0.25) is 4.57 Å². The van der Waals surface area contributed by atoms with Crippen LogP contribution in [0.1, 0.15) is 11.1 Å². The Morgan fingerprint density at radius 2 is 2.10 bits per heavy atom. The first-order valence-corrected chi connectivity index (χ1v) is 6.41. The van der Waals surface area contributed by atoms with Gasteiger partial charge in [-0.1, -0.05) is 30.0 Å². The summed E-state index contributed by atoms with van der Waals surface area (Å²) in [6, 6.07) is 10.9. The van der Waals surface area contributed by atoms with E-state index in [0.717, 1.165) is 11.1 Å². The molecule has 0 aliphatic rings. The first-order valence-electron chi connectivity index (χ1n) is 6.41. The van der Waals surface area contributed by atoms with Crippen LogP contribution >= 0.6 is 0 Å². The van der Waals surface area contributed by atoms with E-state index in [-0.39, 0.29) is 6.61 Å². The largest absolute Gasteiger partial charge is 0.421 e. The van der Waals surface area contributed by atoms with Crippen LogP contribution in [0.25, 0.3) is 11.2 Å². The number of oxazole rings is 1. The van der Waals surface area contributed by atoms with Crippen molar-refractivity contribution in [3.05, 3.63) is 64.3 Å². The number of benzene rings is 1. The lowest BCUT2D eigenvalue weighted by atomic mass is 10.1. The van der Waals surface area contributed by atoms with E-state index < -0.39 is 5.76 Å². The summed E-state index contributed by atoms with van der Waals surface area (Å²) < 4.78 is 6.63. The van der Waals surface area contributed by atoms with Crippen molar-refractivity contribution in [2.75, 3.05) is 6.61 Å². The zero-order valence-electron chi connectivity index (χ0n) is 11.1. The SMILES string of the molecule is O=c1oc2cccnc2n1Cc1ccccc1C#CCO. The minimum absolute atomic E-state index is 0.204. The summed E-state index contributed by atoms with van der Waals surface area (Å²) in [5, 5.41) is 8.81. The molecule has 0 radical (unpaired) electrons. The normalized spacial score (nSPS) is 10.3. The maximum absolute atomic E-state index is 11.9. The first-order chi connectivity index (χ1) is 10.3. The highest BCUT2D eigenvalue weighted by molar-refractivity contribution is 5.67. The second-order valence-corrected chi connectivity index (χ2v) is 4.40. The van der Waals surface area contributed by atoms with E-state index in [0.29, 0.717) is 17.8 Å². The number of hydrogen-bond donors (Lipinski definition) is 1. The molecule has 0 saturated heterocycles. The highest BCUT2D eigenvalue weighted by Gasteiger charge is 2.11. The van der Waals surface area contributed by atoms with Crippen LogP contribution in [-0.2, 0) is 6.54 Å². The number of aliphatic hydroxyl groups is 1. The molecule has 2 heterocycles. The van der Waals surface area contributed by atoms with Crippen LogP contribution in [0.15, 0.2) is 51.8 Å². The summed E-state index contributed by atoms with van der Waals surface area (Å²) in [4.78, 5) is 16.1. The number of aliphatic hydroxyl groups excluding tert-OH is 1. The highest BCUT2D eigenvalue weighted by Crippen LogP contribution is 2.13. The van der Waals surface area contributed by atoms with Crippen molar-refractivity contribution in [2.45, 2.75) is 6.54 Å². The van der Waals surface area contributed by atoms with Gasteiger partial charge in [0.25, 0.3) is 0 Å². The van der Waals surface area contributed by atoms with Crippen molar-refractivity contribution in [2.24, 2.45) is 0 Å². The van der Waals surface area contributed by atoms with Crippen LogP contribution < -0.4 is 5.76 Å². The Bertz CT molecular complexity index is 897. The zero-order valence-corrected chi connectivity index (χ0v) is 11.1. The van der Waals surface area contributed by atoms with Crippen molar-refractivity contribution >= 4 is 11.2 Å². The van der Waals surface area contributed by atoms with Crippen LogP contribution in [0.2, 0.25) is 0 Å². The monoisotopic (exact) mass is 280 g/mol. The van der Waals surface area contributed by atoms with Crippen LogP contribution in [0.5, 0.6) is 0 Å². The minimum atomic E-state index is -0.450. The third-order valence-corrected chi connectivity index (χ3v) is 3.07. The molecule has 0 bridgehead atoms. The van der Waals surface area contributed by atoms with E-state index in [4.69, 9.17) is 9.52 Å². The van der Waals surface area contributed by atoms with Gasteiger partial charge in [-0.2, -0.15) is 0 Å². The molecule has 3 aromatic rings. The molecule has 0 amide bonds. The molecule has 0 aliphatic heterocycles. The summed E-state index contributed by atoms with van der Waals surface area (Å²) in [5.74, 6) is 5.04. The second kappa shape index (κ2) is 5.65. The Morgan fingerprint density at radius 3 is 2.95 bits per heavy atom. The fourth-order valence-corrected chi connectivity index (χ4v) is 2.12. The van der Waals surface area contributed by atoms with E-state index in [2.05, 4.69) is 16.8 Å². The van der Waals surface area contributed by atoms with Crippen LogP contribution in [0.4, 0.5) is 0 Å². The summed E-state index contributed by atoms with van der Waals surface area (Å²) in [6.45, 7) is 0.115. The van der Waals surface area contributed by atoms with E-state index in [1.54, 1.807) is 18.3 Å². The summed E-state index contributed by atoms with van der Waals surface area (Å²) in [6.07, 6.45) is 1.62. The lowest BCUT2D eigenvalue weighted by Crippen LogP contribution is -2.16. The van der Waals surface area contributed by atoms with Gasteiger partial charge in [0.05, 0.1) is 6.54 Å². The fraction of sp³-hybridized carbons (Fsp3) is 0.125. The third-order valence-electron chi connectivity index (χ3n) is 3.07. The zero-order chi connectivity index (χ0) is 14.7. The fourth-order valence-electron chi connectivity index (χ4n) is 2.12. The van der Waals surface area contributed by atoms with Gasteiger partial charge in [-0.15, -0.1) is 0 Å². The molecule has 21 heavy (non-hydrogen) atoms.